The van der Waals surface area contributed by atoms with Gasteiger partial charge in [-0.25, -0.2) is 0 Å². The van der Waals surface area contributed by atoms with Gasteiger partial charge >= 0.3 is 0 Å². The van der Waals surface area contributed by atoms with Gasteiger partial charge in [0.25, 0.3) is 0 Å². The molecule has 0 fully saturated rings. The molecular formula is C14H18N2O2S. The number of anilines is 2. The molecule has 0 bridgehead atoms. The smallest absolute Gasteiger partial charge is 0.0945 e. The monoisotopic (exact) mass is 278 g/mol. The quantitative estimate of drug-likeness (QED) is 0.729. The molecule has 5 heteroatoms. The summed E-state index contributed by atoms with van der Waals surface area (Å²) in [6.07, 6.45) is -0.752. The Balaban J connectivity index is 2.34. The van der Waals surface area contributed by atoms with Gasteiger partial charge in [-0.15, -0.1) is 0 Å². The molecule has 0 saturated heterocycles. The van der Waals surface area contributed by atoms with Crippen LogP contribution in [0.1, 0.15) is 0 Å². The highest BCUT2D eigenvalue weighted by Crippen LogP contribution is 2.33. The van der Waals surface area contributed by atoms with Gasteiger partial charge < -0.3 is 20.8 Å². The van der Waals surface area contributed by atoms with Crippen LogP contribution >= 0.6 is 11.3 Å². The van der Waals surface area contributed by atoms with E-state index in [-0.39, 0.29) is 6.61 Å². The van der Waals surface area contributed by atoms with Gasteiger partial charge in [-0.05, 0) is 40.6 Å². The van der Waals surface area contributed by atoms with Crippen molar-refractivity contribution in [2.75, 3.05) is 30.8 Å². The average Bonchev–Trinajstić information content (AvgIpc) is 2.92. The van der Waals surface area contributed by atoms with E-state index in [4.69, 9.17) is 10.8 Å². The second kappa shape index (κ2) is 6.06. The summed E-state index contributed by atoms with van der Waals surface area (Å²) in [4.78, 5) is 1.92. The number of benzene rings is 1. The highest BCUT2D eigenvalue weighted by molar-refractivity contribution is 7.08. The molecule has 1 aromatic carbocycles. The number of aliphatic hydroxyl groups excluding tert-OH is 2. The lowest BCUT2D eigenvalue weighted by molar-refractivity contribution is 0.101. The zero-order valence-electron chi connectivity index (χ0n) is 10.8. The second-order valence-corrected chi connectivity index (χ2v) is 5.29. The molecule has 4 nitrogen and oxygen atoms in total. The summed E-state index contributed by atoms with van der Waals surface area (Å²) in [5, 5.41) is 22.6. The number of nitrogens with two attached hydrogens (primary N) is 1. The van der Waals surface area contributed by atoms with Crippen LogP contribution in [0.4, 0.5) is 11.4 Å². The van der Waals surface area contributed by atoms with Crippen LogP contribution in [-0.4, -0.2) is 36.5 Å². The van der Waals surface area contributed by atoms with Gasteiger partial charge in [-0.3, -0.25) is 0 Å². The summed E-state index contributed by atoms with van der Waals surface area (Å²) >= 11 is 1.63. The van der Waals surface area contributed by atoms with Gasteiger partial charge in [0, 0.05) is 30.5 Å². The van der Waals surface area contributed by atoms with Crippen molar-refractivity contribution in [3.63, 3.8) is 0 Å². The summed E-state index contributed by atoms with van der Waals surface area (Å²) in [6, 6.07) is 7.75. The van der Waals surface area contributed by atoms with Crippen molar-refractivity contribution in [2.45, 2.75) is 6.10 Å². The standard InChI is InChI=1S/C14H18N2O2S/c1-16(7-12(18)8-17)14-3-2-11(15)6-13(14)10-4-5-19-9-10/h2-6,9,12,17-18H,7-8,15H2,1H3. The fourth-order valence-electron chi connectivity index (χ4n) is 2.01. The Bertz CT molecular complexity index is 528. The first kappa shape index (κ1) is 13.9. The summed E-state index contributed by atoms with van der Waals surface area (Å²) in [6.45, 7) is 0.130. The molecule has 1 aromatic heterocycles. The molecule has 2 rings (SSSR count). The van der Waals surface area contributed by atoms with Gasteiger partial charge in [0.15, 0.2) is 0 Å². The molecule has 1 heterocycles. The summed E-state index contributed by atoms with van der Waals surface area (Å²) in [5.74, 6) is 0. The van der Waals surface area contributed by atoms with E-state index in [1.165, 1.54) is 0 Å². The van der Waals surface area contributed by atoms with Gasteiger partial charge in [0.2, 0.25) is 0 Å². The molecule has 0 spiro atoms. The van der Waals surface area contributed by atoms with E-state index < -0.39 is 6.10 Å². The molecule has 1 unspecified atom stereocenters. The van der Waals surface area contributed by atoms with E-state index in [0.29, 0.717) is 12.2 Å². The summed E-state index contributed by atoms with van der Waals surface area (Å²) in [5.41, 5.74) is 9.70. The number of nitrogen functional groups attached to an aromatic ring is 1. The molecule has 0 aliphatic heterocycles. The van der Waals surface area contributed by atoms with Crippen LogP contribution < -0.4 is 10.6 Å². The third-order valence-corrected chi connectivity index (χ3v) is 3.64. The number of aliphatic hydroxyl groups is 2. The minimum atomic E-state index is -0.752. The topological polar surface area (TPSA) is 69.7 Å². The average molecular weight is 278 g/mol. The van der Waals surface area contributed by atoms with E-state index >= 15 is 0 Å². The van der Waals surface area contributed by atoms with Gasteiger partial charge in [-0.2, -0.15) is 11.3 Å². The molecule has 0 aliphatic carbocycles. The van der Waals surface area contributed by atoms with E-state index in [0.717, 1.165) is 16.8 Å². The van der Waals surface area contributed by atoms with Crippen LogP contribution in [0, 0.1) is 0 Å². The molecule has 4 N–H and O–H groups in total. The first-order valence-corrected chi connectivity index (χ1v) is 6.98. The minimum Gasteiger partial charge on any atom is -0.399 e. The van der Waals surface area contributed by atoms with Crippen molar-refractivity contribution in [1.82, 2.24) is 0 Å². The normalized spacial score (nSPS) is 12.4. The fourth-order valence-corrected chi connectivity index (χ4v) is 2.66. The predicted molar refractivity (Wildman–Crippen MR) is 80.5 cm³/mol. The maximum Gasteiger partial charge on any atom is 0.0945 e. The maximum absolute atomic E-state index is 9.55. The lowest BCUT2D eigenvalue weighted by atomic mass is 10.0. The van der Waals surface area contributed by atoms with Crippen molar-refractivity contribution in [3.8, 4) is 11.1 Å². The summed E-state index contributed by atoms with van der Waals surface area (Å²) in [7, 11) is 1.89. The Labute approximate surface area is 116 Å². The number of hydrogen-bond acceptors (Lipinski definition) is 5. The second-order valence-electron chi connectivity index (χ2n) is 4.51. The zero-order chi connectivity index (χ0) is 13.8. The minimum absolute atomic E-state index is 0.243. The number of nitrogens with zero attached hydrogens (tertiary/aromatic N) is 1. The lowest BCUT2D eigenvalue weighted by Gasteiger charge is -2.24. The molecule has 1 atom stereocenters. The van der Waals surface area contributed by atoms with Crippen LogP contribution in [0.15, 0.2) is 35.0 Å². The molecule has 19 heavy (non-hydrogen) atoms. The number of hydrogen-bond donors (Lipinski definition) is 3. The Morgan fingerprint density at radius 1 is 1.37 bits per heavy atom. The highest BCUT2D eigenvalue weighted by atomic mass is 32.1. The first-order valence-electron chi connectivity index (χ1n) is 6.04. The van der Waals surface area contributed by atoms with Crippen molar-refractivity contribution in [3.05, 3.63) is 35.0 Å². The van der Waals surface area contributed by atoms with Crippen LogP contribution in [0.2, 0.25) is 0 Å². The van der Waals surface area contributed by atoms with Gasteiger partial charge in [0.05, 0.1) is 12.7 Å². The first-order chi connectivity index (χ1) is 9.11. The zero-order valence-corrected chi connectivity index (χ0v) is 11.6. The Kier molecular flexibility index (Phi) is 4.42. The molecule has 2 aromatic rings. The van der Waals surface area contributed by atoms with Gasteiger partial charge in [-0.1, -0.05) is 0 Å². The highest BCUT2D eigenvalue weighted by Gasteiger charge is 2.13. The molecule has 102 valence electrons. The lowest BCUT2D eigenvalue weighted by Crippen LogP contribution is -2.31. The number of thiophene rings is 1. The predicted octanol–water partition coefficient (Wildman–Crippen LogP) is 1.79. The maximum atomic E-state index is 9.55. The van der Waals surface area contributed by atoms with Crippen LogP contribution in [-0.2, 0) is 0 Å². The number of rotatable bonds is 5. The van der Waals surface area contributed by atoms with E-state index in [9.17, 15) is 5.11 Å². The van der Waals surface area contributed by atoms with Crippen molar-refractivity contribution >= 4 is 22.7 Å². The largest absolute Gasteiger partial charge is 0.399 e. The van der Waals surface area contributed by atoms with E-state index in [1.54, 1.807) is 11.3 Å². The van der Waals surface area contributed by atoms with Crippen molar-refractivity contribution in [2.24, 2.45) is 0 Å². The molecule has 0 saturated carbocycles. The van der Waals surface area contributed by atoms with E-state index in [1.807, 2.05) is 41.6 Å². The molecule has 0 amide bonds. The molecule has 0 radical (unpaired) electrons. The van der Waals surface area contributed by atoms with E-state index in [2.05, 4.69) is 5.38 Å². The van der Waals surface area contributed by atoms with Crippen LogP contribution in [0.25, 0.3) is 11.1 Å². The SMILES string of the molecule is CN(CC(O)CO)c1ccc(N)cc1-c1ccsc1. The number of likely N-dealkylation sites (N-methyl/N-ethyl adjacent to an activating group) is 1. The summed E-state index contributed by atoms with van der Waals surface area (Å²) < 4.78 is 0. The fraction of sp³-hybridized carbons (Fsp3) is 0.286. The van der Waals surface area contributed by atoms with Crippen molar-refractivity contribution < 1.29 is 10.2 Å². The third-order valence-electron chi connectivity index (χ3n) is 2.96. The Hall–Kier alpha value is -1.56. The molecule has 0 aliphatic rings. The molecular weight excluding hydrogens is 260 g/mol. The Morgan fingerprint density at radius 2 is 2.16 bits per heavy atom. The third kappa shape index (κ3) is 3.26. The van der Waals surface area contributed by atoms with Gasteiger partial charge in [0.1, 0.15) is 0 Å². The van der Waals surface area contributed by atoms with Crippen LogP contribution in [0.5, 0.6) is 0 Å². The van der Waals surface area contributed by atoms with Crippen LogP contribution in [0.3, 0.4) is 0 Å². The Morgan fingerprint density at radius 3 is 2.79 bits per heavy atom. The van der Waals surface area contributed by atoms with Crippen molar-refractivity contribution in [1.29, 1.82) is 0 Å².